The summed E-state index contributed by atoms with van der Waals surface area (Å²) in [5, 5.41) is 11.9. The number of amidine groups is 1. The van der Waals surface area contributed by atoms with E-state index in [1.165, 1.54) is 30.6 Å². The number of anilines is 1. The molecule has 0 radical (unpaired) electrons. The Balaban J connectivity index is 1.40. The molecule has 2 heterocycles. The minimum absolute atomic E-state index is 0.0220. The van der Waals surface area contributed by atoms with E-state index in [1.807, 2.05) is 19.9 Å². The molecule has 246 valence electrons. The maximum Gasteiger partial charge on any atom is 0.102 e. The number of hydrogen-bond donors (Lipinski definition) is 5. The van der Waals surface area contributed by atoms with Crippen molar-refractivity contribution in [2.24, 2.45) is 16.0 Å². The van der Waals surface area contributed by atoms with E-state index >= 15 is 0 Å². The zero-order valence-corrected chi connectivity index (χ0v) is 26.5. The topological polar surface area (TPSA) is 212 Å². The number of aryl methyl sites for hydroxylation is 1. The van der Waals surface area contributed by atoms with Gasteiger partial charge in [-0.1, -0.05) is 6.07 Å². The summed E-state index contributed by atoms with van der Waals surface area (Å²) in [5.74, 6) is -2.07. The van der Waals surface area contributed by atoms with Crippen molar-refractivity contribution in [2.75, 3.05) is 31.7 Å². The molecule has 0 aliphatic carbocycles. The number of aliphatic imine (C=N–C) groups is 1. The van der Waals surface area contributed by atoms with Gasteiger partial charge in [-0.15, -0.1) is 0 Å². The van der Waals surface area contributed by atoms with Crippen LogP contribution in [-0.2, 0) is 14.3 Å². The van der Waals surface area contributed by atoms with Gasteiger partial charge >= 0.3 is 118 Å². The van der Waals surface area contributed by atoms with Gasteiger partial charge in [-0.25, -0.2) is 4.99 Å². The maximum absolute atomic E-state index is 13.6. The smallest absolute Gasteiger partial charge is 0.0405 e. The van der Waals surface area contributed by atoms with Crippen LogP contribution in [0.1, 0.15) is 47.1 Å². The number of amides is 3. The number of esters is 1. The zero-order chi connectivity index (χ0) is 33.6. The standard InChI is InChI=1S/C29H35N6O10P/c1-5-30-26(36)20-8-7-17(3)23(13-20)33-25-24-18(4)22(14-35(24)32-15-31-25)27(37)34(6-2)29(39)44-16-43-28(38)19-9-11-21(12-10-19)45-46(40,41)42/h7-13,15,22,40-42,46H,5-6,14,16H2,1-4H3,(H,30,36)(H,31,32,33). The first kappa shape index (κ1) is 34.0. The minimum atomic E-state index is -4.79. The van der Waals surface area contributed by atoms with Crippen molar-refractivity contribution in [2.45, 2.75) is 27.7 Å². The molecule has 16 nitrogen and oxygen atoms in total. The molecule has 0 saturated carbocycles. The molecule has 0 fully saturated rings. The molecule has 2 aromatic rings. The van der Waals surface area contributed by atoms with Gasteiger partial charge in [-0.05, 0) is 51.0 Å². The van der Waals surface area contributed by atoms with E-state index in [2.05, 4.69) is 25.3 Å². The third kappa shape index (κ3) is 8.03. The second-order valence-corrected chi connectivity index (χ2v) is 11.5. The van der Waals surface area contributed by atoms with Crippen LogP contribution in [0.5, 0.6) is 5.75 Å². The summed E-state index contributed by atoms with van der Waals surface area (Å²) >= 11 is 0. The molecule has 1 atom stereocenters. The van der Waals surface area contributed by atoms with Crippen LogP contribution in [0.3, 0.4) is 0 Å². The van der Waals surface area contributed by atoms with Crippen molar-refractivity contribution in [3.8, 4) is 5.75 Å². The van der Waals surface area contributed by atoms with Gasteiger partial charge in [0.05, 0.1) is 12.5 Å². The van der Waals surface area contributed by atoms with Gasteiger partial charge in [-0.3, -0.25) is 14.6 Å². The second kappa shape index (κ2) is 14.5. The van der Waals surface area contributed by atoms with E-state index in [0.29, 0.717) is 34.9 Å². The van der Waals surface area contributed by atoms with Crippen LogP contribution in [0.25, 0.3) is 0 Å². The largest absolute Gasteiger partial charge is 0.102 e. The van der Waals surface area contributed by atoms with Gasteiger partial charge in [0.1, 0.15) is 12.0 Å². The number of carbonyl (C=O) groups is 4. The Morgan fingerprint density at radius 1 is 1.02 bits per heavy atom. The summed E-state index contributed by atoms with van der Waals surface area (Å²) < 4.78 is 14.6. The van der Waals surface area contributed by atoms with Crippen molar-refractivity contribution < 1.29 is 47.9 Å². The van der Waals surface area contributed by atoms with Crippen LogP contribution in [0, 0.1) is 12.8 Å². The van der Waals surface area contributed by atoms with Crippen LogP contribution in [0.4, 0.5) is 10.5 Å². The molecule has 2 aliphatic rings. The fourth-order valence-corrected chi connectivity index (χ4v) is 5.16. The summed E-state index contributed by atoms with van der Waals surface area (Å²) in [5.41, 5.74) is 3.17. The summed E-state index contributed by atoms with van der Waals surface area (Å²) in [6, 6.07) is 10.1. The average Bonchev–Trinajstić information content (AvgIpc) is 3.35. The number of imide groups is 1. The molecule has 0 saturated heterocycles. The van der Waals surface area contributed by atoms with Crippen LogP contribution in [0.15, 0.2) is 63.8 Å². The molecule has 3 amide bonds. The van der Waals surface area contributed by atoms with E-state index < -0.39 is 38.9 Å². The van der Waals surface area contributed by atoms with E-state index in [9.17, 15) is 19.2 Å². The molecular weight excluding hydrogens is 623 g/mol. The number of hydrogen-bond acceptors (Lipinski definition) is 14. The summed E-state index contributed by atoms with van der Waals surface area (Å²) in [4.78, 5) is 83.4. The van der Waals surface area contributed by atoms with Gasteiger partial charge < -0.3 is 10.6 Å². The predicted octanol–water partition coefficient (Wildman–Crippen LogP) is 2.28. The predicted molar refractivity (Wildman–Crippen MR) is 168 cm³/mol. The van der Waals surface area contributed by atoms with Gasteiger partial charge in [0.2, 0.25) is 0 Å². The van der Waals surface area contributed by atoms with E-state index in [0.717, 1.165) is 10.5 Å². The molecule has 46 heavy (non-hydrogen) atoms. The van der Waals surface area contributed by atoms with Gasteiger partial charge in [0.25, 0.3) is 5.91 Å². The third-order valence-electron chi connectivity index (χ3n) is 7.02. The molecule has 4 rings (SSSR count). The number of nitrogens with zero attached hydrogens (tertiary/aromatic N) is 4. The molecule has 2 aromatic carbocycles. The number of hydrazone groups is 1. The molecule has 0 aromatic heterocycles. The molecule has 1 unspecified atom stereocenters. The number of rotatable bonds is 10. The number of ether oxygens (including phenoxy) is 2. The fourth-order valence-electron chi connectivity index (χ4n) is 4.71. The number of nitrogens with one attached hydrogen (secondary N) is 2. The second-order valence-electron chi connectivity index (χ2n) is 10.1. The first-order valence-electron chi connectivity index (χ1n) is 14.2. The SMILES string of the molecule is CCNC(=O)c1ccc(C)c(NC2=NC=NN3CC(C(=O)N(CC)C(=O)OCOC(=O)c4ccc(O[PH](O)(O)O)cc4)C(C)=C23)c1. The Kier molecular flexibility index (Phi) is 10.7. The summed E-state index contributed by atoms with van der Waals surface area (Å²) in [6.07, 6.45) is 0.325. The molecule has 17 heteroatoms. The Bertz CT molecular complexity index is 1600. The van der Waals surface area contributed by atoms with Crippen LogP contribution < -0.4 is 15.2 Å². The van der Waals surface area contributed by atoms with Crippen molar-refractivity contribution in [1.29, 1.82) is 0 Å². The Hall–Kier alpha value is -4.89. The Labute approximate surface area is 264 Å². The Morgan fingerprint density at radius 2 is 1.72 bits per heavy atom. The van der Waals surface area contributed by atoms with E-state index in [-0.39, 0.29) is 30.3 Å². The first-order chi connectivity index (χ1) is 21.8. The number of fused-ring (bicyclic) bond motifs is 1. The van der Waals surface area contributed by atoms with Gasteiger partial charge in [-0.2, -0.15) is 5.10 Å². The quantitative estimate of drug-likeness (QED) is 0.141. The zero-order valence-electron chi connectivity index (χ0n) is 25.5. The molecule has 0 bridgehead atoms. The number of carbonyl (C=O) groups excluding carboxylic acids is 4. The third-order valence-corrected chi connectivity index (χ3v) is 7.53. The van der Waals surface area contributed by atoms with E-state index in [1.54, 1.807) is 31.0 Å². The number of benzene rings is 2. The maximum atomic E-state index is 13.6. The monoisotopic (exact) mass is 658 g/mol. The summed E-state index contributed by atoms with van der Waals surface area (Å²) in [6.45, 7) is 6.88. The summed E-state index contributed by atoms with van der Waals surface area (Å²) in [7, 11) is -4.79. The minimum Gasteiger partial charge on any atom is -0.0405 e. The van der Waals surface area contributed by atoms with Crippen molar-refractivity contribution in [3.05, 3.63) is 70.4 Å². The first-order valence-corrected chi connectivity index (χ1v) is 15.9. The Morgan fingerprint density at radius 3 is 2.37 bits per heavy atom. The van der Waals surface area contributed by atoms with E-state index in [4.69, 9.17) is 24.2 Å². The van der Waals surface area contributed by atoms with Crippen LogP contribution >= 0.6 is 8.17 Å². The molecule has 0 spiro atoms. The van der Waals surface area contributed by atoms with Gasteiger partial charge in [0, 0.05) is 17.8 Å². The van der Waals surface area contributed by atoms with Gasteiger partial charge in [0.15, 0.2) is 5.84 Å². The molecule has 2 aliphatic heterocycles. The van der Waals surface area contributed by atoms with Crippen molar-refractivity contribution in [3.63, 3.8) is 0 Å². The van der Waals surface area contributed by atoms with Crippen LogP contribution in [-0.4, -0.2) is 87.1 Å². The molecular formula is C29H35N6O10P. The average molecular weight is 659 g/mol. The molecule has 5 N–H and O–H groups in total. The normalized spacial score (nSPS) is 15.8. The van der Waals surface area contributed by atoms with Crippen molar-refractivity contribution >= 4 is 49.9 Å². The van der Waals surface area contributed by atoms with Crippen LogP contribution in [0.2, 0.25) is 0 Å². The van der Waals surface area contributed by atoms with Crippen molar-refractivity contribution in [1.82, 2.24) is 15.2 Å². The fraction of sp³-hybridized carbons (Fsp3) is 0.310.